The van der Waals surface area contributed by atoms with E-state index in [0.717, 1.165) is 12.1 Å². The van der Waals surface area contributed by atoms with Gasteiger partial charge in [-0.15, -0.1) is 0 Å². The number of ether oxygens (including phenoxy) is 1. The average molecular weight is 296 g/mol. The van der Waals surface area contributed by atoms with Crippen molar-refractivity contribution in [1.29, 1.82) is 0 Å². The van der Waals surface area contributed by atoms with Gasteiger partial charge in [0.05, 0.1) is 17.7 Å². The maximum Gasteiger partial charge on any atom is 0.259 e. The summed E-state index contributed by atoms with van der Waals surface area (Å²) in [6.07, 6.45) is 0. The Morgan fingerprint density at radius 1 is 1.30 bits per heavy atom. The van der Waals surface area contributed by atoms with Crippen molar-refractivity contribution in [2.45, 2.75) is 0 Å². The number of hydrogen-bond donors (Lipinski definition) is 2. The Balaban J connectivity index is 2.23. The number of halogens is 2. The number of anilines is 1. The third-order valence-corrected chi connectivity index (χ3v) is 2.93. The van der Waals surface area contributed by atoms with Crippen LogP contribution in [0, 0.1) is 5.82 Å². The molecule has 104 valence electrons. The smallest absolute Gasteiger partial charge is 0.259 e. The Kier molecular flexibility index (Phi) is 4.10. The van der Waals surface area contributed by atoms with Crippen molar-refractivity contribution in [3.63, 3.8) is 0 Å². The molecule has 2 aromatic carbocycles. The second kappa shape index (κ2) is 5.79. The highest BCUT2D eigenvalue weighted by molar-refractivity contribution is 6.32. The number of hydrogen-bond acceptors (Lipinski definition) is 3. The van der Waals surface area contributed by atoms with Crippen LogP contribution in [0.3, 0.4) is 0 Å². The van der Waals surface area contributed by atoms with E-state index < -0.39 is 17.5 Å². The summed E-state index contributed by atoms with van der Waals surface area (Å²) in [5.74, 6) is -1.20. The van der Waals surface area contributed by atoms with E-state index in [4.69, 9.17) is 16.3 Å². The highest BCUT2D eigenvalue weighted by Crippen LogP contribution is 2.28. The van der Waals surface area contributed by atoms with Gasteiger partial charge in [0, 0.05) is 17.8 Å². The Bertz CT molecular complexity index is 661. The molecule has 0 aliphatic rings. The van der Waals surface area contributed by atoms with Crippen LogP contribution in [0.15, 0.2) is 36.4 Å². The van der Waals surface area contributed by atoms with Gasteiger partial charge in [-0.1, -0.05) is 11.6 Å². The molecule has 0 aliphatic carbocycles. The fourth-order valence-electron chi connectivity index (χ4n) is 1.63. The van der Waals surface area contributed by atoms with Crippen LogP contribution in [-0.2, 0) is 0 Å². The Labute approximate surface area is 119 Å². The molecule has 0 aliphatic heterocycles. The molecular weight excluding hydrogens is 285 g/mol. The van der Waals surface area contributed by atoms with Crippen LogP contribution in [0.25, 0.3) is 0 Å². The lowest BCUT2D eigenvalue weighted by molar-refractivity contribution is 0.102. The molecule has 6 heteroatoms. The van der Waals surface area contributed by atoms with Crippen LogP contribution >= 0.6 is 11.6 Å². The number of amides is 1. The molecule has 0 bridgehead atoms. The van der Waals surface area contributed by atoms with E-state index in [0.29, 0.717) is 16.5 Å². The number of phenols is 1. The van der Waals surface area contributed by atoms with Crippen molar-refractivity contribution in [2.75, 3.05) is 12.4 Å². The standard InChI is InChI=1S/C14H11ClFNO3/c1-20-13-7-9(3-5-11(13)15)17-14(19)10-4-2-8(16)6-12(10)18/h2-7,18H,1H3,(H,17,19). The quantitative estimate of drug-likeness (QED) is 0.912. The molecule has 20 heavy (non-hydrogen) atoms. The van der Waals surface area contributed by atoms with E-state index in [1.807, 2.05) is 0 Å². The van der Waals surface area contributed by atoms with E-state index in [1.54, 1.807) is 18.2 Å². The van der Waals surface area contributed by atoms with Gasteiger partial charge >= 0.3 is 0 Å². The Morgan fingerprint density at radius 3 is 2.70 bits per heavy atom. The first-order valence-corrected chi connectivity index (χ1v) is 6.02. The maximum atomic E-state index is 12.9. The normalized spacial score (nSPS) is 10.2. The molecule has 2 rings (SSSR count). The summed E-state index contributed by atoms with van der Waals surface area (Å²) in [7, 11) is 1.46. The van der Waals surface area contributed by atoms with Crippen LogP contribution in [0.4, 0.5) is 10.1 Å². The minimum atomic E-state index is -0.618. The number of phenolic OH excluding ortho intramolecular Hbond substituents is 1. The molecule has 0 unspecified atom stereocenters. The largest absolute Gasteiger partial charge is 0.507 e. The predicted molar refractivity (Wildman–Crippen MR) is 74.0 cm³/mol. The molecule has 0 saturated carbocycles. The summed E-state index contributed by atoms with van der Waals surface area (Å²) < 4.78 is 17.9. The van der Waals surface area contributed by atoms with Crippen LogP contribution in [-0.4, -0.2) is 18.1 Å². The van der Waals surface area contributed by atoms with Crippen LogP contribution in [0.5, 0.6) is 11.5 Å². The van der Waals surface area contributed by atoms with Crippen LogP contribution < -0.4 is 10.1 Å². The first-order valence-electron chi connectivity index (χ1n) is 5.64. The van der Waals surface area contributed by atoms with Crippen molar-refractivity contribution in [1.82, 2.24) is 0 Å². The lowest BCUT2D eigenvalue weighted by atomic mass is 10.1. The van der Waals surface area contributed by atoms with E-state index in [2.05, 4.69) is 5.32 Å². The van der Waals surface area contributed by atoms with Gasteiger partial charge in [0.1, 0.15) is 17.3 Å². The van der Waals surface area contributed by atoms with Crippen molar-refractivity contribution >= 4 is 23.2 Å². The third-order valence-electron chi connectivity index (χ3n) is 2.61. The first-order chi connectivity index (χ1) is 9.51. The number of carbonyl (C=O) groups excluding carboxylic acids is 1. The van der Waals surface area contributed by atoms with E-state index >= 15 is 0 Å². The van der Waals surface area contributed by atoms with Crippen LogP contribution in [0.1, 0.15) is 10.4 Å². The predicted octanol–water partition coefficient (Wildman–Crippen LogP) is 3.45. The Hall–Kier alpha value is -2.27. The zero-order chi connectivity index (χ0) is 14.7. The van der Waals surface area contributed by atoms with Crippen molar-refractivity contribution < 1.29 is 19.0 Å². The zero-order valence-corrected chi connectivity index (χ0v) is 11.2. The SMILES string of the molecule is COc1cc(NC(=O)c2ccc(F)cc2O)ccc1Cl. The minimum absolute atomic E-state index is 0.0275. The highest BCUT2D eigenvalue weighted by Gasteiger charge is 2.13. The van der Waals surface area contributed by atoms with Gasteiger partial charge in [-0.05, 0) is 24.3 Å². The molecule has 0 atom stereocenters. The average Bonchev–Trinajstić information content (AvgIpc) is 2.40. The van der Waals surface area contributed by atoms with Gasteiger partial charge in [-0.25, -0.2) is 4.39 Å². The molecule has 2 N–H and O–H groups in total. The summed E-state index contributed by atoms with van der Waals surface area (Å²) in [6.45, 7) is 0. The summed E-state index contributed by atoms with van der Waals surface area (Å²) >= 11 is 5.87. The molecule has 0 radical (unpaired) electrons. The minimum Gasteiger partial charge on any atom is -0.507 e. The van der Waals surface area contributed by atoms with Gasteiger partial charge < -0.3 is 15.2 Å². The summed E-state index contributed by atoms with van der Waals surface area (Å²) in [4.78, 5) is 12.0. The van der Waals surface area contributed by atoms with Crippen molar-refractivity contribution in [3.05, 3.63) is 52.8 Å². The zero-order valence-electron chi connectivity index (χ0n) is 10.5. The maximum absolute atomic E-state index is 12.9. The van der Waals surface area contributed by atoms with E-state index in [9.17, 15) is 14.3 Å². The number of benzene rings is 2. The molecule has 4 nitrogen and oxygen atoms in total. The second-order valence-corrected chi connectivity index (χ2v) is 4.37. The van der Waals surface area contributed by atoms with Gasteiger partial charge in [0.25, 0.3) is 5.91 Å². The summed E-state index contributed by atoms with van der Waals surface area (Å²) in [5, 5.41) is 12.5. The van der Waals surface area contributed by atoms with E-state index in [-0.39, 0.29) is 5.56 Å². The highest BCUT2D eigenvalue weighted by atomic mass is 35.5. The van der Waals surface area contributed by atoms with Crippen molar-refractivity contribution in [2.24, 2.45) is 0 Å². The topological polar surface area (TPSA) is 58.6 Å². The number of rotatable bonds is 3. The molecular formula is C14H11ClFNO3. The van der Waals surface area contributed by atoms with Gasteiger partial charge in [-0.2, -0.15) is 0 Å². The molecule has 1 amide bonds. The van der Waals surface area contributed by atoms with Gasteiger partial charge in [0.2, 0.25) is 0 Å². The molecule has 0 saturated heterocycles. The fraction of sp³-hybridized carbons (Fsp3) is 0.0714. The molecule has 0 fully saturated rings. The van der Waals surface area contributed by atoms with Gasteiger partial charge in [0.15, 0.2) is 0 Å². The van der Waals surface area contributed by atoms with E-state index in [1.165, 1.54) is 13.2 Å². The number of carbonyl (C=O) groups is 1. The number of nitrogens with one attached hydrogen (secondary N) is 1. The van der Waals surface area contributed by atoms with Gasteiger partial charge in [-0.3, -0.25) is 4.79 Å². The molecule has 0 spiro atoms. The first kappa shape index (κ1) is 14.1. The second-order valence-electron chi connectivity index (χ2n) is 3.96. The number of aromatic hydroxyl groups is 1. The number of methoxy groups -OCH3 is 1. The van der Waals surface area contributed by atoms with Crippen molar-refractivity contribution in [3.8, 4) is 11.5 Å². The molecule has 2 aromatic rings. The molecule has 0 aromatic heterocycles. The summed E-state index contributed by atoms with van der Waals surface area (Å²) in [6, 6.07) is 7.87. The summed E-state index contributed by atoms with van der Waals surface area (Å²) in [5.41, 5.74) is 0.417. The lowest BCUT2D eigenvalue weighted by Crippen LogP contribution is -2.12. The lowest BCUT2D eigenvalue weighted by Gasteiger charge is -2.09. The van der Waals surface area contributed by atoms with Crippen LogP contribution in [0.2, 0.25) is 5.02 Å². The third kappa shape index (κ3) is 3.00. The molecule has 0 heterocycles. The fourth-order valence-corrected chi connectivity index (χ4v) is 1.83. The monoisotopic (exact) mass is 295 g/mol. The Morgan fingerprint density at radius 2 is 2.05 bits per heavy atom.